The molecular weight excluding hydrogens is 306 g/mol. The summed E-state index contributed by atoms with van der Waals surface area (Å²) < 4.78 is 5.07. The van der Waals surface area contributed by atoms with Gasteiger partial charge in [0.15, 0.2) is 6.61 Å². The molecule has 0 fully saturated rings. The summed E-state index contributed by atoms with van der Waals surface area (Å²) in [6.45, 7) is 2.57. The number of nitrogens with zero attached hydrogens (tertiary/aromatic N) is 1. The molecule has 2 aromatic carbocycles. The molecule has 0 aliphatic carbocycles. The summed E-state index contributed by atoms with van der Waals surface area (Å²) in [4.78, 5) is 36.4. The van der Waals surface area contributed by atoms with Gasteiger partial charge in [-0.05, 0) is 24.6 Å². The number of rotatable bonds is 7. The van der Waals surface area contributed by atoms with Crippen molar-refractivity contribution in [1.29, 1.82) is 0 Å². The molecule has 24 heavy (non-hydrogen) atoms. The van der Waals surface area contributed by atoms with Crippen molar-refractivity contribution in [3.63, 3.8) is 0 Å². The largest absolute Gasteiger partial charge is 0.452 e. The van der Waals surface area contributed by atoms with Gasteiger partial charge in [-0.3, -0.25) is 9.59 Å². The quantitative estimate of drug-likeness (QED) is 0.580. The van der Waals surface area contributed by atoms with Crippen molar-refractivity contribution < 1.29 is 19.1 Å². The Morgan fingerprint density at radius 3 is 2.29 bits per heavy atom. The summed E-state index contributed by atoms with van der Waals surface area (Å²) in [6.07, 6.45) is 0.696. The summed E-state index contributed by atoms with van der Waals surface area (Å²) in [5, 5.41) is 0. The lowest BCUT2D eigenvalue weighted by molar-refractivity contribution is -0.134. The Kier molecular flexibility index (Phi) is 6.25. The maximum absolute atomic E-state index is 12.2. The Labute approximate surface area is 140 Å². The van der Waals surface area contributed by atoms with Crippen molar-refractivity contribution in [3.05, 3.63) is 71.3 Å². The van der Waals surface area contributed by atoms with Gasteiger partial charge in [-0.1, -0.05) is 42.5 Å². The van der Waals surface area contributed by atoms with Crippen LogP contribution in [0.4, 0.5) is 0 Å². The number of amides is 1. The van der Waals surface area contributed by atoms with E-state index in [-0.39, 0.29) is 12.5 Å². The predicted octanol–water partition coefficient (Wildman–Crippen LogP) is 2.70. The third kappa shape index (κ3) is 4.78. The fourth-order valence-corrected chi connectivity index (χ4v) is 2.18. The van der Waals surface area contributed by atoms with Crippen molar-refractivity contribution >= 4 is 18.2 Å². The molecule has 0 bridgehead atoms. The molecule has 0 heterocycles. The second-order valence-corrected chi connectivity index (χ2v) is 5.21. The van der Waals surface area contributed by atoms with Crippen molar-refractivity contribution in [3.8, 4) is 0 Å². The first-order chi connectivity index (χ1) is 11.6. The van der Waals surface area contributed by atoms with Gasteiger partial charge >= 0.3 is 5.97 Å². The van der Waals surface area contributed by atoms with Gasteiger partial charge in [0, 0.05) is 18.7 Å². The number of esters is 1. The third-order valence-corrected chi connectivity index (χ3v) is 3.56. The molecular formula is C19H19NO4. The zero-order valence-corrected chi connectivity index (χ0v) is 13.5. The fourth-order valence-electron chi connectivity index (χ4n) is 2.18. The van der Waals surface area contributed by atoms with Gasteiger partial charge in [-0.15, -0.1) is 0 Å². The average Bonchev–Trinajstić information content (AvgIpc) is 2.64. The molecule has 0 atom stereocenters. The van der Waals surface area contributed by atoms with Gasteiger partial charge < -0.3 is 9.64 Å². The minimum Gasteiger partial charge on any atom is -0.452 e. The first kappa shape index (κ1) is 17.4. The van der Waals surface area contributed by atoms with Crippen LogP contribution in [0.25, 0.3) is 0 Å². The van der Waals surface area contributed by atoms with Crippen LogP contribution in [0.5, 0.6) is 0 Å². The molecule has 0 aliphatic heterocycles. The maximum Gasteiger partial charge on any atom is 0.338 e. The van der Waals surface area contributed by atoms with Gasteiger partial charge in [0.1, 0.15) is 6.29 Å². The van der Waals surface area contributed by atoms with Crippen molar-refractivity contribution in [2.75, 3.05) is 13.2 Å². The number of aldehydes is 1. The van der Waals surface area contributed by atoms with E-state index in [2.05, 4.69) is 0 Å². The second kappa shape index (κ2) is 8.62. The molecule has 5 heteroatoms. The molecule has 0 saturated carbocycles. The summed E-state index contributed by atoms with van der Waals surface area (Å²) >= 11 is 0. The molecule has 0 spiro atoms. The molecule has 0 unspecified atom stereocenters. The van der Waals surface area contributed by atoms with Crippen LogP contribution in [0.2, 0.25) is 0 Å². The van der Waals surface area contributed by atoms with Gasteiger partial charge in [-0.25, -0.2) is 4.79 Å². The lowest BCUT2D eigenvalue weighted by Crippen LogP contribution is -2.34. The zero-order chi connectivity index (χ0) is 17.4. The number of likely N-dealkylation sites (N-methyl/N-ethyl adjacent to an activating group) is 1. The van der Waals surface area contributed by atoms with Gasteiger partial charge in [-0.2, -0.15) is 0 Å². The van der Waals surface area contributed by atoms with Crippen LogP contribution in [0, 0.1) is 0 Å². The van der Waals surface area contributed by atoms with Crippen LogP contribution >= 0.6 is 0 Å². The summed E-state index contributed by atoms with van der Waals surface area (Å²) in [5.74, 6) is -0.837. The standard InChI is InChI=1S/C19H19NO4/c1-2-20(12-15-6-4-3-5-7-15)18(22)14-24-19(23)17-10-8-16(13-21)9-11-17/h3-11,13H,2,12,14H2,1H3. The monoisotopic (exact) mass is 325 g/mol. The van der Waals surface area contributed by atoms with Crippen LogP contribution in [0.3, 0.4) is 0 Å². The summed E-state index contributed by atoms with van der Waals surface area (Å²) in [5.41, 5.74) is 1.80. The van der Waals surface area contributed by atoms with Crippen LogP contribution in [0.15, 0.2) is 54.6 Å². The predicted molar refractivity (Wildman–Crippen MR) is 89.6 cm³/mol. The first-order valence-electron chi connectivity index (χ1n) is 7.68. The van der Waals surface area contributed by atoms with E-state index in [1.54, 1.807) is 4.90 Å². The third-order valence-electron chi connectivity index (χ3n) is 3.56. The fraction of sp³-hybridized carbons (Fsp3) is 0.211. The SMILES string of the molecule is CCN(Cc1ccccc1)C(=O)COC(=O)c1ccc(C=O)cc1. The average molecular weight is 325 g/mol. The Morgan fingerprint density at radius 1 is 1.04 bits per heavy atom. The molecule has 5 nitrogen and oxygen atoms in total. The lowest BCUT2D eigenvalue weighted by atomic mass is 10.1. The molecule has 124 valence electrons. The number of benzene rings is 2. The van der Waals surface area contributed by atoms with Crippen molar-refractivity contribution in [1.82, 2.24) is 4.90 Å². The smallest absolute Gasteiger partial charge is 0.338 e. The Balaban J connectivity index is 1.90. The highest BCUT2D eigenvalue weighted by Crippen LogP contribution is 2.07. The summed E-state index contributed by atoms with van der Waals surface area (Å²) in [7, 11) is 0. The van der Waals surface area contributed by atoms with Crippen molar-refractivity contribution in [2.45, 2.75) is 13.5 Å². The first-order valence-corrected chi connectivity index (χ1v) is 7.68. The number of carbonyl (C=O) groups excluding carboxylic acids is 3. The lowest BCUT2D eigenvalue weighted by Gasteiger charge is -2.20. The van der Waals surface area contributed by atoms with E-state index in [0.29, 0.717) is 30.5 Å². The van der Waals surface area contributed by atoms with E-state index in [0.717, 1.165) is 5.56 Å². The molecule has 2 aromatic rings. The molecule has 1 amide bonds. The second-order valence-electron chi connectivity index (χ2n) is 5.21. The highest BCUT2D eigenvalue weighted by atomic mass is 16.5. The molecule has 0 N–H and O–H groups in total. The highest BCUT2D eigenvalue weighted by molar-refractivity contribution is 5.92. The number of hydrogen-bond acceptors (Lipinski definition) is 4. The Hall–Kier alpha value is -2.95. The van der Waals surface area contributed by atoms with E-state index < -0.39 is 5.97 Å². The van der Waals surface area contributed by atoms with Crippen LogP contribution in [-0.2, 0) is 16.1 Å². The number of hydrogen-bond donors (Lipinski definition) is 0. The topological polar surface area (TPSA) is 63.7 Å². The minimum absolute atomic E-state index is 0.251. The maximum atomic E-state index is 12.2. The molecule has 0 aliphatic rings. The van der Waals surface area contributed by atoms with Crippen molar-refractivity contribution in [2.24, 2.45) is 0 Å². The van der Waals surface area contributed by atoms with Crippen LogP contribution in [0.1, 0.15) is 33.2 Å². The Morgan fingerprint density at radius 2 is 1.71 bits per heavy atom. The van der Waals surface area contributed by atoms with Gasteiger partial charge in [0.25, 0.3) is 5.91 Å². The van der Waals surface area contributed by atoms with E-state index in [1.165, 1.54) is 24.3 Å². The van der Waals surface area contributed by atoms with E-state index in [9.17, 15) is 14.4 Å². The van der Waals surface area contributed by atoms with Gasteiger partial charge in [0.2, 0.25) is 0 Å². The number of carbonyl (C=O) groups is 3. The number of ether oxygens (including phenoxy) is 1. The van der Waals surface area contributed by atoms with E-state index >= 15 is 0 Å². The van der Waals surface area contributed by atoms with E-state index in [1.807, 2.05) is 37.3 Å². The highest BCUT2D eigenvalue weighted by Gasteiger charge is 2.15. The van der Waals surface area contributed by atoms with Crippen LogP contribution in [-0.4, -0.2) is 36.2 Å². The van der Waals surface area contributed by atoms with E-state index in [4.69, 9.17) is 4.74 Å². The molecule has 0 aromatic heterocycles. The Bertz CT molecular complexity index is 695. The van der Waals surface area contributed by atoms with Gasteiger partial charge in [0.05, 0.1) is 5.56 Å². The minimum atomic E-state index is -0.587. The summed E-state index contributed by atoms with van der Waals surface area (Å²) in [6, 6.07) is 15.7. The molecule has 0 radical (unpaired) electrons. The molecule has 2 rings (SSSR count). The van der Waals surface area contributed by atoms with Crippen LogP contribution < -0.4 is 0 Å². The molecule has 0 saturated heterocycles. The zero-order valence-electron chi connectivity index (χ0n) is 13.5. The normalized spacial score (nSPS) is 10.0.